The predicted octanol–water partition coefficient (Wildman–Crippen LogP) is 14.9. The first-order valence-electron chi connectivity index (χ1n) is 18.3. The van der Waals surface area contributed by atoms with Crippen LogP contribution in [0.4, 0.5) is 0 Å². The minimum absolute atomic E-state index is 0.898. The molecule has 0 spiro atoms. The molecule has 0 atom stereocenters. The number of para-hydroxylation sites is 1. The van der Waals surface area contributed by atoms with Gasteiger partial charge in [0.2, 0.25) is 0 Å². The van der Waals surface area contributed by atoms with Gasteiger partial charge < -0.3 is 4.42 Å². The van der Waals surface area contributed by atoms with E-state index < -0.39 is 0 Å². The van der Waals surface area contributed by atoms with Crippen LogP contribution in [-0.2, 0) is 0 Å². The average Bonchev–Trinajstić information content (AvgIpc) is 3.63. The maximum atomic E-state index is 6.74. The molecular formula is C52H32O. The van der Waals surface area contributed by atoms with Crippen LogP contribution in [0.5, 0.6) is 0 Å². The van der Waals surface area contributed by atoms with Crippen LogP contribution in [0.3, 0.4) is 0 Å². The zero-order valence-corrected chi connectivity index (χ0v) is 28.9. The Morgan fingerprint density at radius 2 is 0.774 bits per heavy atom. The van der Waals surface area contributed by atoms with Gasteiger partial charge in [-0.1, -0.05) is 182 Å². The van der Waals surface area contributed by atoms with E-state index in [0.717, 1.165) is 33.1 Å². The van der Waals surface area contributed by atoms with Crippen LogP contribution in [0.1, 0.15) is 0 Å². The van der Waals surface area contributed by atoms with E-state index in [1.165, 1.54) is 76.5 Å². The topological polar surface area (TPSA) is 13.1 Å². The van der Waals surface area contributed by atoms with E-state index >= 15 is 0 Å². The fourth-order valence-corrected chi connectivity index (χ4v) is 8.81. The lowest BCUT2D eigenvalue weighted by atomic mass is 9.83. The first-order valence-corrected chi connectivity index (χ1v) is 18.3. The average molecular weight is 673 g/mol. The van der Waals surface area contributed by atoms with E-state index in [2.05, 4.69) is 194 Å². The molecule has 0 saturated heterocycles. The monoisotopic (exact) mass is 672 g/mol. The fraction of sp³-hybridized carbons (Fsp3) is 0. The molecule has 11 rings (SSSR count). The predicted molar refractivity (Wildman–Crippen MR) is 225 cm³/mol. The van der Waals surface area contributed by atoms with E-state index in [1.54, 1.807) is 0 Å². The highest BCUT2D eigenvalue weighted by Gasteiger charge is 2.23. The fourth-order valence-electron chi connectivity index (χ4n) is 8.81. The normalized spacial score (nSPS) is 11.8. The van der Waals surface area contributed by atoms with Gasteiger partial charge in [0.15, 0.2) is 0 Å². The first-order chi connectivity index (χ1) is 26.3. The Hall–Kier alpha value is -6.96. The molecule has 1 heteroatoms. The van der Waals surface area contributed by atoms with Crippen LogP contribution < -0.4 is 0 Å². The van der Waals surface area contributed by atoms with Crippen molar-refractivity contribution in [3.63, 3.8) is 0 Å². The lowest BCUT2D eigenvalue weighted by Crippen LogP contribution is -1.93. The molecule has 0 radical (unpaired) electrons. The van der Waals surface area contributed by atoms with Gasteiger partial charge in [-0.3, -0.25) is 0 Å². The maximum Gasteiger partial charge on any atom is 0.143 e. The summed E-state index contributed by atoms with van der Waals surface area (Å²) in [6, 6.07) is 70.4. The molecule has 1 aromatic heterocycles. The molecule has 0 aliphatic carbocycles. The summed E-state index contributed by atoms with van der Waals surface area (Å²) in [7, 11) is 0. The largest absolute Gasteiger partial charge is 0.455 e. The molecule has 0 aliphatic rings. The molecule has 1 nitrogen and oxygen atoms in total. The SMILES string of the molecule is c1ccc(-c2ccc(-c3c4ccccc4c(-c4cccc5c4ccc4cccc(-c6ccccc6)c45)c4ccccc34)c3c2oc2ccccc23)cc1. The third-order valence-corrected chi connectivity index (χ3v) is 11.1. The van der Waals surface area contributed by atoms with Gasteiger partial charge in [-0.2, -0.15) is 0 Å². The lowest BCUT2D eigenvalue weighted by Gasteiger charge is -2.20. The molecule has 0 N–H and O–H groups in total. The van der Waals surface area contributed by atoms with E-state index in [9.17, 15) is 0 Å². The van der Waals surface area contributed by atoms with Crippen molar-refractivity contribution in [3.05, 3.63) is 194 Å². The van der Waals surface area contributed by atoms with E-state index in [0.29, 0.717) is 0 Å². The minimum Gasteiger partial charge on any atom is -0.455 e. The third kappa shape index (κ3) is 4.51. The van der Waals surface area contributed by atoms with Gasteiger partial charge in [-0.05, 0) is 94.2 Å². The number of benzene rings is 10. The molecule has 11 aromatic rings. The molecular weight excluding hydrogens is 641 g/mol. The zero-order valence-electron chi connectivity index (χ0n) is 28.9. The van der Waals surface area contributed by atoms with Crippen LogP contribution in [-0.4, -0.2) is 0 Å². The standard InChI is InChI=1S/C52H32O/c1-3-15-33(16-4-1)36-25-13-19-35-29-30-38-39(48(35)36)26-14-27-40(38)49-41-20-7-9-22-43(41)50(44-23-10-8-21-42(44)49)46-32-31-37(34-17-5-2-6-18-34)52-51(46)45-24-11-12-28-47(45)53-52/h1-32H. The van der Waals surface area contributed by atoms with Crippen LogP contribution >= 0.6 is 0 Å². The van der Waals surface area contributed by atoms with Crippen LogP contribution in [0.2, 0.25) is 0 Å². The molecule has 53 heavy (non-hydrogen) atoms. The summed E-state index contributed by atoms with van der Waals surface area (Å²) in [5.41, 5.74) is 11.5. The molecule has 246 valence electrons. The Kier molecular flexibility index (Phi) is 6.62. The number of hydrogen-bond acceptors (Lipinski definition) is 1. The maximum absolute atomic E-state index is 6.74. The van der Waals surface area contributed by atoms with Gasteiger partial charge >= 0.3 is 0 Å². The van der Waals surface area contributed by atoms with Crippen LogP contribution in [0, 0.1) is 0 Å². The smallest absolute Gasteiger partial charge is 0.143 e. The molecule has 0 unspecified atom stereocenters. The summed E-state index contributed by atoms with van der Waals surface area (Å²) in [4.78, 5) is 0. The lowest BCUT2D eigenvalue weighted by molar-refractivity contribution is 0.670. The van der Waals surface area contributed by atoms with Gasteiger partial charge in [-0.15, -0.1) is 0 Å². The highest BCUT2D eigenvalue weighted by Crippen LogP contribution is 2.50. The van der Waals surface area contributed by atoms with Crippen molar-refractivity contribution >= 4 is 65.0 Å². The molecule has 0 fully saturated rings. The Morgan fingerprint density at radius 3 is 1.45 bits per heavy atom. The van der Waals surface area contributed by atoms with Gasteiger partial charge in [-0.25, -0.2) is 0 Å². The summed E-state index contributed by atoms with van der Waals surface area (Å²) in [5.74, 6) is 0. The summed E-state index contributed by atoms with van der Waals surface area (Å²) < 4.78 is 6.74. The number of furan rings is 1. The minimum atomic E-state index is 0.898. The molecule has 1 heterocycles. The van der Waals surface area contributed by atoms with Crippen LogP contribution in [0.15, 0.2) is 199 Å². The van der Waals surface area contributed by atoms with Crippen LogP contribution in [0.25, 0.3) is 110 Å². The molecule has 0 bridgehead atoms. The second kappa shape index (κ2) is 11.8. The Balaban J connectivity index is 1.25. The molecule has 0 amide bonds. The second-order valence-electron chi connectivity index (χ2n) is 13.9. The van der Waals surface area contributed by atoms with Crippen molar-refractivity contribution < 1.29 is 4.42 Å². The Morgan fingerprint density at radius 1 is 0.264 bits per heavy atom. The Bertz CT molecular complexity index is 3150. The first kappa shape index (κ1) is 29.7. The molecule has 0 saturated carbocycles. The highest BCUT2D eigenvalue weighted by molar-refractivity contribution is 6.28. The van der Waals surface area contributed by atoms with Gasteiger partial charge in [0.1, 0.15) is 11.2 Å². The van der Waals surface area contributed by atoms with E-state index in [1.807, 2.05) is 0 Å². The summed E-state index contributed by atoms with van der Waals surface area (Å²) in [5, 5.41) is 12.2. The van der Waals surface area contributed by atoms with E-state index in [-0.39, 0.29) is 0 Å². The van der Waals surface area contributed by atoms with Crippen molar-refractivity contribution in [2.45, 2.75) is 0 Å². The molecule has 10 aromatic carbocycles. The summed E-state index contributed by atoms with van der Waals surface area (Å²) >= 11 is 0. The summed E-state index contributed by atoms with van der Waals surface area (Å²) in [6.07, 6.45) is 0. The van der Waals surface area contributed by atoms with Crippen molar-refractivity contribution in [2.24, 2.45) is 0 Å². The second-order valence-corrected chi connectivity index (χ2v) is 13.9. The number of fused-ring (bicyclic) bond motifs is 8. The van der Waals surface area contributed by atoms with Gasteiger partial charge in [0.05, 0.1) is 0 Å². The Labute approximate surface area is 307 Å². The van der Waals surface area contributed by atoms with Crippen molar-refractivity contribution in [1.29, 1.82) is 0 Å². The van der Waals surface area contributed by atoms with Crippen molar-refractivity contribution in [2.75, 3.05) is 0 Å². The highest BCUT2D eigenvalue weighted by atomic mass is 16.3. The number of hydrogen-bond donors (Lipinski definition) is 0. The molecule has 0 aliphatic heterocycles. The van der Waals surface area contributed by atoms with Gasteiger partial charge in [0.25, 0.3) is 0 Å². The third-order valence-electron chi connectivity index (χ3n) is 11.1. The van der Waals surface area contributed by atoms with Crippen molar-refractivity contribution in [1.82, 2.24) is 0 Å². The van der Waals surface area contributed by atoms with E-state index in [4.69, 9.17) is 4.42 Å². The summed E-state index contributed by atoms with van der Waals surface area (Å²) in [6.45, 7) is 0. The van der Waals surface area contributed by atoms with Gasteiger partial charge in [0, 0.05) is 16.3 Å². The van der Waals surface area contributed by atoms with Crippen molar-refractivity contribution in [3.8, 4) is 44.5 Å². The number of rotatable bonds is 4. The zero-order chi connectivity index (χ0) is 34.9. The quantitative estimate of drug-likeness (QED) is 0.134.